The van der Waals surface area contributed by atoms with Crippen LogP contribution in [0.5, 0.6) is 0 Å². The molecule has 2 aliphatic rings. The molecule has 0 aliphatic carbocycles. The maximum absolute atomic E-state index is 11.1. The third-order valence-corrected chi connectivity index (χ3v) is 5.07. The second-order valence-electron chi connectivity index (χ2n) is 6.79. The molecular weight excluding hydrogens is 340 g/mol. The van der Waals surface area contributed by atoms with Crippen molar-refractivity contribution in [2.24, 2.45) is 0 Å². The zero-order valence-electron chi connectivity index (χ0n) is 14.2. The molecule has 2 fully saturated rings. The quantitative estimate of drug-likeness (QED) is 0.670. The van der Waals surface area contributed by atoms with Gasteiger partial charge in [-0.2, -0.15) is 10.2 Å². The van der Waals surface area contributed by atoms with Crippen LogP contribution in [0.4, 0.5) is 5.69 Å². The Balaban J connectivity index is 1.57. The monoisotopic (exact) mass is 362 g/mol. The van der Waals surface area contributed by atoms with Gasteiger partial charge in [-0.3, -0.25) is 4.90 Å². The first kappa shape index (κ1) is 17.5. The molecule has 26 heavy (non-hydrogen) atoms. The molecule has 140 valence electrons. The minimum Gasteiger partial charge on any atom is -0.595 e. The van der Waals surface area contributed by atoms with E-state index in [1.165, 1.54) is 12.1 Å². The summed E-state index contributed by atoms with van der Waals surface area (Å²) < 4.78 is 10.9. The molecule has 4 rings (SSSR count). The van der Waals surface area contributed by atoms with Gasteiger partial charge in [-0.15, -0.1) is 0 Å². The third kappa shape index (κ3) is 3.50. The molecule has 9 nitrogen and oxygen atoms in total. The van der Waals surface area contributed by atoms with Crippen LogP contribution in [0.3, 0.4) is 0 Å². The minimum absolute atomic E-state index is 0.128. The lowest BCUT2D eigenvalue weighted by Crippen LogP contribution is -2.99. The van der Waals surface area contributed by atoms with E-state index in [0.717, 1.165) is 26.1 Å². The van der Waals surface area contributed by atoms with Crippen LogP contribution in [-0.2, 0) is 4.74 Å². The number of hydrogen-bond acceptors (Lipinski definition) is 8. The first-order valence-electron chi connectivity index (χ1n) is 8.80. The standard InChI is InChI=1S/C17H22N4O5/c22-14-9-15(20(10-14)12-4-6-25-7-5-12)17-18-16(19-26-17)11-2-1-3-13(8-11)21(23)24/h1-3,8,12,14-15,21-23H,4-7,9-10H2/t14-,15+/m1/s1. The molecule has 3 atom stereocenters. The Morgan fingerprint density at radius 2 is 2.08 bits per heavy atom. The molecule has 1 aromatic carbocycles. The van der Waals surface area contributed by atoms with Crippen molar-refractivity contribution in [3.05, 3.63) is 35.4 Å². The first-order valence-corrected chi connectivity index (χ1v) is 8.80. The second kappa shape index (κ2) is 7.39. The first-order chi connectivity index (χ1) is 12.6. The second-order valence-corrected chi connectivity index (χ2v) is 6.79. The number of nitrogens with one attached hydrogen (secondary N) is 1. The number of aromatic nitrogens is 2. The summed E-state index contributed by atoms with van der Waals surface area (Å²) in [6, 6.07) is 6.65. The molecule has 2 aromatic rings. The SMILES string of the molecule is [O-][NH+](O)c1cccc(-c2noc([C@@H]3C[C@@H](O)CN3C3CCOCC3)n2)c1. The van der Waals surface area contributed by atoms with E-state index < -0.39 is 11.3 Å². The summed E-state index contributed by atoms with van der Waals surface area (Å²) >= 11 is 0. The van der Waals surface area contributed by atoms with E-state index in [0.29, 0.717) is 36.3 Å². The molecule has 3 heterocycles. The number of aliphatic hydroxyl groups excluding tert-OH is 1. The van der Waals surface area contributed by atoms with Crippen LogP contribution in [-0.4, -0.2) is 57.3 Å². The van der Waals surface area contributed by atoms with Crippen molar-refractivity contribution >= 4 is 5.69 Å². The summed E-state index contributed by atoms with van der Waals surface area (Å²) in [4.78, 5) is 6.72. The fourth-order valence-electron chi connectivity index (χ4n) is 3.78. The Morgan fingerprint density at radius 1 is 1.27 bits per heavy atom. The van der Waals surface area contributed by atoms with E-state index in [1.54, 1.807) is 12.1 Å². The summed E-state index contributed by atoms with van der Waals surface area (Å²) in [7, 11) is 0. The van der Waals surface area contributed by atoms with E-state index in [9.17, 15) is 10.3 Å². The van der Waals surface area contributed by atoms with Crippen molar-refractivity contribution in [2.45, 2.75) is 37.5 Å². The van der Waals surface area contributed by atoms with Gasteiger partial charge in [0, 0.05) is 43.5 Å². The normalized spacial score (nSPS) is 26.3. The van der Waals surface area contributed by atoms with Crippen molar-refractivity contribution in [3.63, 3.8) is 0 Å². The lowest BCUT2D eigenvalue weighted by atomic mass is 10.1. The molecule has 0 saturated carbocycles. The molecule has 0 radical (unpaired) electrons. The van der Waals surface area contributed by atoms with Crippen molar-refractivity contribution in [2.75, 3.05) is 19.8 Å². The highest BCUT2D eigenvalue weighted by Gasteiger charge is 2.40. The number of nitrogens with zero attached hydrogens (tertiary/aromatic N) is 3. The fraction of sp³-hybridized carbons (Fsp3) is 0.529. The van der Waals surface area contributed by atoms with Crippen molar-refractivity contribution in [1.29, 1.82) is 0 Å². The molecule has 0 spiro atoms. The molecule has 1 aromatic heterocycles. The van der Waals surface area contributed by atoms with Gasteiger partial charge in [0.25, 0.3) is 0 Å². The van der Waals surface area contributed by atoms with Crippen molar-refractivity contribution in [1.82, 2.24) is 15.0 Å². The molecule has 0 bridgehead atoms. The third-order valence-electron chi connectivity index (χ3n) is 5.07. The molecular formula is C17H22N4O5. The number of quaternary nitrogens is 1. The number of β-amino-alcohol motifs (C(OH)–C–C–N with tert-alkyl or cyclic N) is 1. The van der Waals surface area contributed by atoms with Crippen molar-refractivity contribution in [3.8, 4) is 11.4 Å². The molecule has 2 saturated heterocycles. The van der Waals surface area contributed by atoms with E-state index in [-0.39, 0.29) is 11.7 Å². The number of aliphatic hydroxyl groups is 1. The number of benzene rings is 1. The molecule has 3 N–H and O–H groups in total. The van der Waals surface area contributed by atoms with Gasteiger partial charge in [0.1, 0.15) is 0 Å². The van der Waals surface area contributed by atoms with Gasteiger partial charge in [-0.05, 0) is 19.3 Å². The summed E-state index contributed by atoms with van der Waals surface area (Å²) in [5, 5.41) is 33.5. The molecule has 9 heteroatoms. The van der Waals surface area contributed by atoms with Crippen LogP contribution in [0.15, 0.2) is 28.8 Å². The molecule has 2 aliphatic heterocycles. The Morgan fingerprint density at radius 3 is 2.85 bits per heavy atom. The highest BCUT2D eigenvalue weighted by molar-refractivity contribution is 5.58. The Kier molecular flexibility index (Phi) is 4.98. The van der Waals surface area contributed by atoms with Gasteiger partial charge >= 0.3 is 0 Å². The summed E-state index contributed by atoms with van der Waals surface area (Å²) in [5.74, 6) is 0.820. The van der Waals surface area contributed by atoms with Crippen LogP contribution in [0.25, 0.3) is 11.4 Å². The zero-order valence-corrected chi connectivity index (χ0v) is 14.2. The average molecular weight is 362 g/mol. The lowest BCUT2D eigenvalue weighted by Gasteiger charge is -2.33. The molecule has 1 unspecified atom stereocenters. The van der Waals surface area contributed by atoms with Gasteiger partial charge < -0.3 is 19.6 Å². The number of rotatable bonds is 4. The van der Waals surface area contributed by atoms with Crippen LogP contribution >= 0.6 is 0 Å². The summed E-state index contributed by atoms with van der Waals surface area (Å²) in [6.07, 6.45) is 1.97. The highest BCUT2D eigenvalue weighted by atomic mass is 16.8. The highest BCUT2D eigenvalue weighted by Crippen LogP contribution is 2.36. The van der Waals surface area contributed by atoms with Gasteiger partial charge in [0.15, 0.2) is 5.69 Å². The maximum Gasteiger partial charge on any atom is 0.244 e. The minimum atomic E-state index is -1.000. The Bertz CT molecular complexity index is 746. The Labute approximate surface area is 150 Å². The van der Waals surface area contributed by atoms with Crippen molar-refractivity contribution < 1.29 is 24.8 Å². The van der Waals surface area contributed by atoms with Gasteiger partial charge in [0.05, 0.1) is 12.1 Å². The lowest BCUT2D eigenvalue weighted by molar-refractivity contribution is -0.991. The zero-order chi connectivity index (χ0) is 18.1. The predicted molar refractivity (Wildman–Crippen MR) is 89.4 cm³/mol. The Hall–Kier alpha value is -1.88. The van der Waals surface area contributed by atoms with Gasteiger partial charge in [0.2, 0.25) is 11.7 Å². The topological polar surface area (TPSA) is 119 Å². The fourth-order valence-corrected chi connectivity index (χ4v) is 3.78. The van der Waals surface area contributed by atoms with Gasteiger partial charge in [-0.25, -0.2) is 5.21 Å². The largest absolute Gasteiger partial charge is 0.595 e. The smallest absolute Gasteiger partial charge is 0.244 e. The van der Waals surface area contributed by atoms with Crippen LogP contribution in [0.2, 0.25) is 0 Å². The van der Waals surface area contributed by atoms with E-state index in [4.69, 9.17) is 14.5 Å². The van der Waals surface area contributed by atoms with Crippen LogP contribution in [0, 0.1) is 5.21 Å². The number of ether oxygens (including phenoxy) is 1. The molecule has 0 amide bonds. The summed E-state index contributed by atoms with van der Waals surface area (Å²) in [6.45, 7) is 2.03. The predicted octanol–water partition coefficient (Wildman–Crippen LogP) is 0.427. The van der Waals surface area contributed by atoms with Gasteiger partial charge in [-0.1, -0.05) is 17.3 Å². The van der Waals surface area contributed by atoms with E-state index in [2.05, 4.69) is 15.0 Å². The van der Waals surface area contributed by atoms with E-state index in [1.807, 2.05) is 0 Å². The maximum atomic E-state index is 11.1. The van der Waals surface area contributed by atoms with E-state index >= 15 is 0 Å². The van der Waals surface area contributed by atoms with Crippen LogP contribution < -0.4 is 5.23 Å². The summed E-state index contributed by atoms with van der Waals surface area (Å²) in [5.41, 5.74) is 0.769. The number of hydrogen-bond donors (Lipinski definition) is 3. The average Bonchev–Trinajstić information content (AvgIpc) is 3.29. The number of likely N-dealkylation sites (tertiary alicyclic amines) is 1. The van der Waals surface area contributed by atoms with Crippen LogP contribution in [0.1, 0.15) is 31.2 Å².